The first-order chi connectivity index (χ1) is 9.58. The number of carbonyl (C=O) groups is 1. The van der Waals surface area contributed by atoms with Gasteiger partial charge >= 0.3 is 5.97 Å². The number of carboxylic acid groups (broad SMARTS) is 1. The number of hydrogen-bond donors (Lipinski definition) is 1. The smallest absolute Gasteiger partial charge is 0.338 e. The van der Waals surface area contributed by atoms with Crippen molar-refractivity contribution in [2.45, 2.75) is 10.1 Å². The molecule has 20 heavy (non-hydrogen) atoms. The second-order valence-electron chi connectivity index (χ2n) is 4.23. The summed E-state index contributed by atoms with van der Waals surface area (Å²) in [4.78, 5) is 20.3. The summed E-state index contributed by atoms with van der Waals surface area (Å²) in [6.45, 7) is 0. The fraction of sp³-hybridized carbons (Fsp3) is 0.167. The van der Waals surface area contributed by atoms with Crippen LogP contribution >= 0.6 is 11.8 Å². The van der Waals surface area contributed by atoms with E-state index in [1.807, 2.05) is 17.8 Å². The number of aromatic nitrogens is 5. The summed E-state index contributed by atoms with van der Waals surface area (Å²) >= 11 is 1.30. The van der Waals surface area contributed by atoms with Gasteiger partial charge in [0.25, 0.3) is 0 Å². The van der Waals surface area contributed by atoms with E-state index in [0.29, 0.717) is 21.1 Å². The van der Waals surface area contributed by atoms with Gasteiger partial charge in [-0.05, 0) is 11.8 Å². The van der Waals surface area contributed by atoms with E-state index in [9.17, 15) is 9.90 Å². The average Bonchev–Trinajstić information content (AvgIpc) is 2.97. The zero-order valence-corrected chi connectivity index (χ0v) is 11.6. The van der Waals surface area contributed by atoms with Crippen molar-refractivity contribution >= 4 is 28.8 Å². The quantitative estimate of drug-likeness (QED) is 0.787. The molecule has 0 aliphatic rings. The number of fused-ring (bicyclic) bond motifs is 1. The van der Waals surface area contributed by atoms with Crippen molar-refractivity contribution < 1.29 is 9.90 Å². The first-order valence-electron chi connectivity index (χ1n) is 5.77. The molecular formula is C12H11N5O2S. The lowest BCUT2D eigenvalue weighted by Crippen LogP contribution is -2.02. The van der Waals surface area contributed by atoms with Crippen molar-refractivity contribution in [3.8, 4) is 0 Å². The molecule has 0 radical (unpaired) electrons. The molecule has 102 valence electrons. The van der Waals surface area contributed by atoms with Crippen molar-refractivity contribution in [2.24, 2.45) is 14.1 Å². The Balaban J connectivity index is 2.22. The van der Waals surface area contributed by atoms with Gasteiger partial charge in [0.1, 0.15) is 0 Å². The maximum Gasteiger partial charge on any atom is 0.338 e. The molecule has 0 saturated carbocycles. The number of aromatic carboxylic acids is 1. The van der Waals surface area contributed by atoms with E-state index in [1.54, 1.807) is 24.1 Å². The third kappa shape index (κ3) is 1.94. The molecule has 1 N–H and O–H groups in total. The molecule has 3 rings (SSSR count). The van der Waals surface area contributed by atoms with Crippen LogP contribution in [-0.4, -0.2) is 35.4 Å². The molecule has 3 aromatic rings. The molecule has 0 fully saturated rings. The molecular weight excluding hydrogens is 278 g/mol. The molecule has 0 aromatic carbocycles. The van der Waals surface area contributed by atoms with Crippen molar-refractivity contribution in [1.29, 1.82) is 0 Å². The number of nitrogens with zero attached hydrogens (tertiary/aromatic N) is 5. The van der Waals surface area contributed by atoms with Crippen molar-refractivity contribution in [2.75, 3.05) is 0 Å². The van der Waals surface area contributed by atoms with Gasteiger partial charge in [-0.1, -0.05) is 0 Å². The van der Waals surface area contributed by atoms with Gasteiger partial charge in [0, 0.05) is 37.6 Å². The summed E-state index contributed by atoms with van der Waals surface area (Å²) < 4.78 is 3.45. The molecule has 0 spiro atoms. The number of imidazole rings is 1. The molecule has 0 saturated heterocycles. The highest BCUT2D eigenvalue weighted by atomic mass is 32.2. The largest absolute Gasteiger partial charge is 0.478 e. The van der Waals surface area contributed by atoms with E-state index in [2.05, 4.69) is 15.1 Å². The van der Waals surface area contributed by atoms with Gasteiger partial charge in [-0.25, -0.2) is 14.8 Å². The summed E-state index contributed by atoms with van der Waals surface area (Å²) in [5, 5.41) is 14.9. The van der Waals surface area contributed by atoms with E-state index in [4.69, 9.17) is 0 Å². The molecule has 0 unspecified atom stereocenters. The number of hydrogen-bond acceptors (Lipinski definition) is 5. The topological polar surface area (TPSA) is 85.8 Å². The zero-order chi connectivity index (χ0) is 14.3. The maximum atomic E-state index is 11.4. The van der Waals surface area contributed by atoms with Crippen LogP contribution in [0.5, 0.6) is 0 Å². The number of carboxylic acids is 1. The van der Waals surface area contributed by atoms with Crippen LogP contribution in [0.1, 0.15) is 10.4 Å². The van der Waals surface area contributed by atoms with Crippen LogP contribution in [0.25, 0.3) is 11.0 Å². The Morgan fingerprint density at radius 1 is 1.30 bits per heavy atom. The second kappa shape index (κ2) is 4.64. The van der Waals surface area contributed by atoms with Crippen LogP contribution < -0.4 is 0 Å². The van der Waals surface area contributed by atoms with Gasteiger partial charge in [0.2, 0.25) is 0 Å². The lowest BCUT2D eigenvalue weighted by molar-refractivity contribution is 0.0693. The Hall–Kier alpha value is -2.35. The van der Waals surface area contributed by atoms with Crippen LogP contribution in [0.4, 0.5) is 0 Å². The molecule has 0 amide bonds. The minimum absolute atomic E-state index is 0.151. The molecule has 0 aliphatic heterocycles. The fourth-order valence-electron chi connectivity index (χ4n) is 1.88. The summed E-state index contributed by atoms with van der Waals surface area (Å²) in [5.74, 6) is -1.01. The Morgan fingerprint density at radius 3 is 2.75 bits per heavy atom. The molecule has 0 aliphatic carbocycles. The summed E-state index contributed by atoms with van der Waals surface area (Å²) in [7, 11) is 3.63. The Kier molecular flexibility index (Phi) is 2.94. The zero-order valence-electron chi connectivity index (χ0n) is 10.8. The van der Waals surface area contributed by atoms with E-state index in [0.717, 1.165) is 0 Å². The normalized spacial score (nSPS) is 11.1. The number of aryl methyl sites for hydroxylation is 2. The molecule has 8 heteroatoms. The predicted octanol–water partition coefficient (Wildman–Crippen LogP) is 1.55. The minimum atomic E-state index is -1.01. The van der Waals surface area contributed by atoms with E-state index in [-0.39, 0.29) is 5.56 Å². The fourth-order valence-corrected chi connectivity index (χ4v) is 2.88. The third-order valence-electron chi connectivity index (χ3n) is 2.91. The lowest BCUT2D eigenvalue weighted by atomic mass is 10.2. The second-order valence-corrected chi connectivity index (χ2v) is 5.21. The molecule has 3 heterocycles. The van der Waals surface area contributed by atoms with Crippen molar-refractivity contribution in [3.63, 3.8) is 0 Å². The highest BCUT2D eigenvalue weighted by Crippen LogP contribution is 2.34. The third-order valence-corrected chi connectivity index (χ3v) is 4.13. The molecule has 7 nitrogen and oxygen atoms in total. The first-order valence-corrected chi connectivity index (χ1v) is 6.58. The van der Waals surface area contributed by atoms with Gasteiger partial charge in [0.15, 0.2) is 10.8 Å². The Morgan fingerprint density at radius 2 is 2.10 bits per heavy atom. The van der Waals surface area contributed by atoms with Gasteiger partial charge in [-0.2, -0.15) is 5.10 Å². The van der Waals surface area contributed by atoms with E-state index in [1.165, 1.54) is 18.0 Å². The van der Waals surface area contributed by atoms with Crippen LogP contribution in [0.15, 0.2) is 34.8 Å². The monoisotopic (exact) mass is 289 g/mol. The van der Waals surface area contributed by atoms with Crippen molar-refractivity contribution in [1.82, 2.24) is 24.3 Å². The number of rotatable bonds is 3. The highest BCUT2D eigenvalue weighted by Gasteiger charge is 2.19. The molecule has 3 aromatic heterocycles. The van der Waals surface area contributed by atoms with Crippen LogP contribution in [0, 0.1) is 0 Å². The lowest BCUT2D eigenvalue weighted by Gasteiger charge is -2.07. The summed E-state index contributed by atoms with van der Waals surface area (Å²) in [6.07, 6.45) is 6.46. The van der Waals surface area contributed by atoms with Crippen LogP contribution in [0.3, 0.4) is 0 Å². The standard InChI is InChI=1S/C12H11N5O2S/c1-16-4-3-13-12(16)20-9-7-6-15-17(2)10(7)14-5-8(9)11(18)19/h3-6H,1-2H3,(H,18,19). The average molecular weight is 289 g/mol. The van der Waals surface area contributed by atoms with Gasteiger partial charge in [-0.15, -0.1) is 0 Å². The van der Waals surface area contributed by atoms with Crippen molar-refractivity contribution in [3.05, 3.63) is 30.4 Å². The van der Waals surface area contributed by atoms with Gasteiger partial charge in [0.05, 0.1) is 17.1 Å². The maximum absolute atomic E-state index is 11.4. The predicted molar refractivity (Wildman–Crippen MR) is 72.8 cm³/mol. The summed E-state index contributed by atoms with van der Waals surface area (Å²) in [5.41, 5.74) is 0.796. The van der Waals surface area contributed by atoms with E-state index < -0.39 is 5.97 Å². The Labute approximate surface area is 118 Å². The van der Waals surface area contributed by atoms with Crippen LogP contribution in [-0.2, 0) is 14.1 Å². The number of pyridine rings is 1. The summed E-state index contributed by atoms with van der Waals surface area (Å²) in [6, 6.07) is 0. The van der Waals surface area contributed by atoms with Gasteiger partial charge < -0.3 is 9.67 Å². The minimum Gasteiger partial charge on any atom is -0.478 e. The van der Waals surface area contributed by atoms with Gasteiger partial charge in [-0.3, -0.25) is 4.68 Å². The van der Waals surface area contributed by atoms with Crippen LogP contribution in [0.2, 0.25) is 0 Å². The Bertz CT molecular complexity index is 807. The molecule has 0 bridgehead atoms. The first kappa shape index (κ1) is 12.7. The molecule has 0 atom stereocenters. The highest BCUT2D eigenvalue weighted by molar-refractivity contribution is 7.99. The SMILES string of the molecule is Cn1ccnc1Sc1c(C(=O)O)cnc2c1cnn2C. The van der Waals surface area contributed by atoms with E-state index >= 15 is 0 Å².